The molecular weight excluding hydrogens is 330 g/mol. The van der Waals surface area contributed by atoms with Gasteiger partial charge in [0.05, 0.1) is 18.3 Å². The lowest BCUT2D eigenvalue weighted by molar-refractivity contribution is -0.0629. The maximum absolute atomic E-state index is 11.0. The molecule has 0 radical (unpaired) electrons. The minimum atomic E-state index is -0.946. The van der Waals surface area contributed by atoms with Crippen LogP contribution in [0.25, 0.3) is 0 Å². The molecule has 2 aromatic rings. The maximum Gasteiger partial charge on any atom is 0.335 e. The third kappa shape index (κ3) is 4.42. The topological polar surface area (TPSA) is 59.0 Å². The van der Waals surface area contributed by atoms with Crippen LogP contribution in [-0.2, 0) is 4.74 Å². The summed E-state index contributed by atoms with van der Waals surface area (Å²) in [5, 5.41) is 9.06. The number of aromatic carboxylic acids is 1. The van der Waals surface area contributed by atoms with Gasteiger partial charge >= 0.3 is 5.97 Å². The van der Waals surface area contributed by atoms with Gasteiger partial charge in [-0.2, -0.15) is 0 Å². The number of ether oxygens (including phenoxy) is 2. The number of rotatable bonds is 6. The predicted molar refractivity (Wildman–Crippen MR) is 99.8 cm³/mol. The van der Waals surface area contributed by atoms with Crippen molar-refractivity contribution >= 4 is 5.97 Å². The van der Waals surface area contributed by atoms with Gasteiger partial charge in [0.25, 0.3) is 0 Å². The van der Waals surface area contributed by atoms with E-state index in [2.05, 4.69) is 30.9 Å². The molecule has 1 fully saturated rings. The summed E-state index contributed by atoms with van der Waals surface area (Å²) in [5.74, 6) is -0.361. The zero-order chi connectivity index (χ0) is 18.5. The van der Waals surface area contributed by atoms with E-state index in [0.717, 1.165) is 13.1 Å². The molecular formula is C21H25NO4. The van der Waals surface area contributed by atoms with Gasteiger partial charge in [0, 0.05) is 19.1 Å². The van der Waals surface area contributed by atoms with E-state index in [1.165, 1.54) is 11.1 Å². The second-order valence-corrected chi connectivity index (χ2v) is 6.70. The Morgan fingerprint density at radius 3 is 2.85 bits per heavy atom. The van der Waals surface area contributed by atoms with E-state index in [4.69, 9.17) is 14.6 Å². The van der Waals surface area contributed by atoms with Gasteiger partial charge in [-0.25, -0.2) is 4.79 Å². The first-order chi connectivity index (χ1) is 12.5. The molecule has 5 heteroatoms. The molecule has 1 aliphatic rings. The quantitative estimate of drug-likeness (QED) is 0.859. The molecule has 1 saturated heterocycles. The van der Waals surface area contributed by atoms with Crippen molar-refractivity contribution in [2.45, 2.75) is 26.0 Å². The van der Waals surface area contributed by atoms with E-state index >= 15 is 0 Å². The minimum Gasteiger partial charge on any atom is -0.492 e. The van der Waals surface area contributed by atoms with E-state index in [1.54, 1.807) is 24.3 Å². The van der Waals surface area contributed by atoms with Crippen molar-refractivity contribution in [3.05, 3.63) is 65.2 Å². The van der Waals surface area contributed by atoms with Crippen LogP contribution in [0.15, 0.2) is 48.5 Å². The number of hydrogen-bond acceptors (Lipinski definition) is 4. The first-order valence-corrected chi connectivity index (χ1v) is 8.92. The highest BCUT2D eigenvalue weighted by molar-refractivity contribution is 5.87. The molecule has 0 spiro atoms. The number of hydrogen-bond donors (Lipinski definition) is 1. The fourth-order valence-electron chi connectivity index (χ4n) is 3.25. The van der Waals surface area contributed by atoms with E-state index < -0.39 is 5.97 Å². The van der Waals surface area contributed by atoms with Crippen LogP contribution in [-0.4, -0.2) is 48.3 Å². The van der Waals surface area contributed by atoms with Crippen molar-refractivity contribution in [1.29, 1.82) is 0 Å². The summed E-state index contributed by atoms with van der Waals surface area (Å²) in [7, 11) is 0. The van der Waals surface area contributed by atoms with Crippen LogP contribution < -0.4 is 4.74 Å². The molecule has 2 atom stereocenters. The Kier molecular flexibility index (Phi) is 5.91. The number of carboxylic acids is 1. The smallest absolute Gasteiger partial charge is 0.335 e. The number of carboxylic acid groups (broad SMARTS) is 1. The molecule has 1 N–H and O–H groups in total. The van der Waals surface area contributed by atoms with E-state index in [1.807, 2.05) is 12.1 Å². The summed E-state index contributed by atoms with van der Waals surface area (Å²) in [4.78, 5) is 13.4. The van der Waals surface area contributed by atoms with Crippen molar-refractivity contribution in [1.82, 2.24) is 4.90 Å². The molecule has 1 aliphatic heterocycles. The molecule has 0 saturated carbocycles. The van der Waals surface area contributed by atoms with Gasteiger partial charge in [-0.1, -0.05) is 30.3 Å². The van der Waals surface area contributed by atoms with Crippen LogP contribution >= 0.6 is 0 Å². The summed E-state index contributed by atoms with van der Waals surface area (Å²) in [6.07, 6.45) is 0.0720. The van der Waals surface area contributed by atoms with Gasteiger partial charge in [-0.15, -0.1) is 0 Å². The van der Waals surface area contributed by atoms with Crippen LogP contribution in [0, 0.1) is 6.92 Å². The summed E-state index contributed by atoms with van der Waals surface area (Å²) in [5.41, 5.74) is 2.72. The highest BCUT2D eigenvalue weighted by Crippen LogP contribution is 2.27. The summed E-state index contributed by atoms with van der Waals surface area (Å²) >= 11 is 0. The predicted octanol–water partition coefficient (Wildman–Crippen LogP) is 3.53. The Labute approximate surface area is 154 Å². The standard InChI is InChI=1S/C21H25NO4/c1-15-6-3-4-9-19(15)20-13-22(16(2)14-26-20)10-11-25-18-8-5-7-17(12-18)21(23)24/h3-9,12,16,20H,10-11,13-14H2,1-2H3,(H,23,24). The largest absolute Gasteiger partial charge is 0.492 e. The van der Waals surface area contributed by atoms with Crippen molar-refractivity contribution in [3.63, 3.8) is 0 Å². The van der Waals surface area contributed by atoms with Crippen molar-refractivity contribution in [2.75, 3.05) is 26.3 Å². The van der Waals surface area contributed by atoms with Gasteiger partial charge in [-0.3, -0.25) is 4.90 Å². The third-order valence-electron chi connectivity index (χ3n) is 4.83. The first-order valence-electron chi connectivity index (χ1n) is 8.92. The average molecular weight is 355 g/mol. The van der Waals surface area contributed by atoms with E-state index in [9.17, 15) is 4.79 Å². The van der Waals surface area contributed by atoms with Gasteiger partial charge in [0.2, 0.25) is 0 Å². The molecule has 3 rings (SSSR count). The van der Waals surface area contributed by atoms with Crippen LogP contribution in [0.2, 0.25) is 0 Å². The number of carbonyl (C=O) groups is 1. The minimum absolute atomic E-state index is 0.0720. The van der Waals surface area contributed by atoms with Crippen molar-refractivity contribution in [3.8, 4) is 5.75 Å². The Balaban J connectivity index is 1.57. The number of benzene rings is 2. The highest BCUT2D eigenvalue weighted by atomic mass is 16.5. The molecule has 0 aliphatic carbocycles. The molecule has 2 unspecified atom stereocenters. The van der Waals surface area contributed by atoms with Crippen molar-refractivity contribution < 1.29 is 19.4 Å². The van der Waals surface area contributed by atoms with Gasteiger partial charge in [0.1, 0.15) is 12.4 Å². The fraction of sp³-hybridized carbons (Fsp3) is 0.381. The monoisotopic (exact) mass is 355 g/mol. The zero-order valence-electron chi connectivity index (χ0n) is 15.2. The van der Waals surface area contributed by atoms with Gasteiger partial charge < -0.3 is 14.6 Å². The number of aryl methyl sites for hydroxylation is 1. The first kappa shape index (κ1) is 18.4. The Morgan fingerprint density at radius 2 is 2.08 bits per heavy atom. The van der Waals surface area contributed by atoms with E-state index in [-0.39, 0.29) is 11.7 Å². The number of morpholine rings is 1. The van der Waals surface area contributed by atoms with Crippen LogP contribution in [0.3, 0.4) is 0 Å². The molecule has 26 heavy (non-hydrogen) atoms. The second-order valence-electron chi connectivity index (χ2n) is 6.70. The molecule has 1 heterocycles. The molecule has 2 aromatic carbocycles. The van der Waals surface area contributed by atoms with Gasteiger partial charge in [-0.05, 0) is 43.2 Å². The lowest BCUT2D eigenvalue weighted by atomic mass is 10.0. The lowest BCUT2D eigenvalue weighted by Crippen LogP contribution is -2.46. The molecule has 0 bridgehead atoms. The van der Waals surface area contributed by atoms with Crippen LogP contribution in [0.4, 0.5) is 0 Å². The number of nitrogens with zero attached hydrogens (tertiary/aromatic N) is 1. The third-order valence-corrected chi connectivity index (χ3v) is 4.83. The Bertz CT molecular complexity index is 761. The molecule has 5 nitrogen and oxygen atoms in total. The lowest BCUT2D eigenvalue weighted by Gasteiger charge is -2.38. The fourth-order valence-corrected chi connectivity index (χ4v) is 3.25. The van der Waals surface area contributed by atoms with E-state index in [0.29, 0.717) is 25.0 Å². The second kappa shape index (κ2) is 8.34. The van der Waals surface area contributed by atoms with Gasteiger partial charge in [0.15, 0.2) is 0 Å². The van der Waals surface area contributed by atoms with Crippen LogP contribution in [0.5, 0.6) is 5.75 Å². The molecule has 138 valence electrons. The van der Waals surface area contributed by atoms with Crippen molar-refractivity contribution in [2.24, 2.45) is 0 Å². The Morgan fingerprint density at radius 1 is 1.27 bits per heavy atom. The molecule has 0 aromatic heterocycles. The Hall–Kier alpha value is -2.37. The highest BCUT2D eigenvalue weighted by Gasteiger charge is 2.27. The maximum atomic E-state index is 11.0. The molecule has 0 amide bonds. The normalized spacial score (nSPS) is 20.7. The summed E-state index contributed by atoms with van der Waals surface area (Å²) < 4.78 is 11.8. The summed E-state index contributed by atoms with van der Waals surface area (Å²) in [6.45, 7) is 7.05. The van der Waals surface area contributed by atoms with Crippen LogP contribution in [0.1, 0.15) is 34.5 Å². The summed E-state index contributed by atoms with van der Waals surface area (Å²) in [6, 6.07) is 15.3. The average Bonchev–Trinajstić information content (AvgIpc) is 2.64. The SMILES string of the molecule is Cc1ccccc1C1CN(CCOc2cccc(C(=O)O)c2)C(C)CO1. The zero-order valence-corrected chi connectivity index (χ0v) is 15.2.